The number of carboxylic acids is 1. The fraction of sp³-hybridized carbons (Fsp3) is 0.714. The van der Waals surface area contributed by atoms with Crippen LogP contribution in [-0.2, 0) is 9.59 Å². The Bertz CT molecular complexity index is 364. The third-order valence-electron chi connectivity index (χ3n) is 4.28. The van der Waals surface area contributed by atoms with E-state index in [9.17, 15) is 9.59 Å². The molecule has 2 rings (SSSR count). The highest BCUT2D eigenvalue weighted by Gasteiger charge is 2.35. The van der Waals surface area contributed by atoms with Crippen LogP contribution in [0.15, 0.2) is 12.2 Å². The van der Waals surface area contributed by atoms with Gasteiger partial charge >= 0.3 is 5.97 Å². The zero-order valence-electron chi connectivity index (χ0n) is 10.8. The average Bonchev–Trinajstić information content (AvgIpc) is 2.75. The summed E-state index contributed by atoms with van der Waals surface area (Å²) in [6.45, 7) is 2.15. The van der Waals surface area contributed by atoms with E-state index in [1.807, 2.05) is 12.2 Å². The lowest BCUT2D eigenvalue weighted by Gasteiger charge is -2.27. The first-order valence-electron chi connectivity index (χ1n) is 6.77. The fourth-order valence-corrected chi connectivity index (χ4v) is 3.03. The van der Waals surface area contributed by atoms with Gasteiger partial charge in [0.2, 0.25) is 5.91 Å². The van der Waals surface area contributed by atoms with Crippen LogP contribution in [0.25, 0.3) is 0 Å². The molecule has 0 heterocycles. The van der Waals surface area contributed by atoms with Crippen LogP contribution in [-0.4, -0.2) is 23.0 Å². The number of allylic oxidation sites excluding steroid dienone is 2. The Morgan fingerprint density at radius 3 is 2.39 bits per heavy atom. The number of carbonyl (C=O) groups excluding carboxylic acids is 1. The zero-order chi connectivity index (χ0) is 13.1. The maximum Gasteiger partial charge on any atom is 0.307 e. The molecular formula is C14H21NO3. The second-order valence-electron chi connectivity index (χ2n) is 5.52. The molecular weight excluding hydrogens is 230 g/mol. The number of hydrogen-bond acceptors (Lipinski definition) is 2. The van der Waals surface area contributed by atoms with E-state index in [2.05, 4.69) is 12.2 Å². The van der Waals surface area contributed by atoms with Crippen molar-refractivity contribution in [2.75, 3.05) is 0 Å². The van der Waals surface area contributed by atoms with Gasteiger partial charge in [0.25, 0.3) is 0 Å². The normalized spacial score (nSPS) is 35.4. The summed E-state index contributed by atoms with van der Waals surface area (Å²) in [4.78, 5) is 23.4. The number of rotatable bonds is 3. The van der Waals surface area contributed by atoms with Gasteiger partial charge in [0, 0.05) is 6.04 Å². The molecule has 100 valence electrons. The number of amides is 1. The number of nitrogens with one attached hydrogen (secondary N) is 1. The largest absolute Gasteiger partial charge is 0.481 e. The second kappa shape index (κ2) is 5.55. The van der Waals surface area contributed by atoms with Crippen LogP contribution in [0.3, 0.4) is 0 Å². The molecule has 0 aromatic rings. The molecule has 0 aliphatic heterocycles. The van der Waals surface area contributed by atoms with Crippen molar-refractivity contribution in [1.82, 2.24) is 5.32 Å². The van der Waals surface area contributed by atoms with Crippen LogP contribution < -0.4 is 5.32 Å². The van der Waals surface area contributed by atoms with Gasteiger partial charge in [-0.2, -0.15) is 0 Å². The van der Waals surface area contributed by atoms with Gasteiger partial charge in [-0.25, -0.2) is 0 Å². The molecule has 2 aliphatic carbocycles. The zero-order valence-corrected chi connectivity index (χ0v) is 10.8. The van der Waals surface area contributed by atoms with Crippen molar-refractivity contribution in [2.24, 2.45) is 17.8 Å². The van der Waals surface area contributed by atoms with Crippen LogP contribution in [0.4, 0.5) is 0 Å². The standard InChI is InChI=1S/C14H21NO3/c1-9-5-4-8-12(9)15-13(16)10-6-2-3-7-11(10)14(17)18/h2-3,9-12H,4-8H2,1H3,(H,15,16)(H,17,18). The first-order valence-corrected chi connectivity index (χ1v) is 6.77. The minimum Gasteiger partial charge on any atom is -0.481 e. The highest BCUT2D eigenvalue weighted by atomic mass is 16.4. The molecule has 0 aromatic heterocycles. The Labute approximate surface area is 107 Å². The van der Waals surface area contributed by atoms with Gasteiger partial charge in [-0.1, -0.05) is 25.5 Å². The summed E-state index contributed by atoms with van der Waals surface area (Å²) in [6, 6.07) is 0.234. The van der Waals surface area contributed by atoms with E-state index in [0.717, 1.165) is 19.3 Å². The Kier molecular flexibility index (Phi) is 4.04. The molecule has 0 saturated heterocycles. The fourth-order valence-electron chi connectivity index (χ4n) is 3.03. The van der Waals surface area contributed by atoms with Gasteiger partial charge in [0.05, 0.1) is 11.8 Å². The quantitative estimate of drug-likeness (QED) is 0.753. The number of hydrogen-bond donors (Lipinski definition) is 2. The topological polar surface area (TPSA) is 66.4 Å². The van der Waals surface area contributed by atoms with Gasteiger partial charge < -0.3 is 10.4 Å². The Balaban J connectivity index is 1.98. The van der Waals surface area contributed by atoms with Crippen LogP contribution in [0, 0.1) is 17.8 Å². The summed E-state index contributed by atoms with van der Waals surface area (Å²) < 4.78 is 0. The molecule has 1 fully saturated rings. The van der Waals surface area contributed by atoms with E-state index in [0.29, 0.717) is 18.8 Å². The van der Waals surface area contributed by atoms with Crippen molar-refractivity contribution < 1.29 is 14.7 Å². The molecule has 4 unspecified atom stereocenters. The predicted octanol–water partition coefficient (Wildman–Crippen LogP) is 1.96. The van der Waals surface area contributed by atoms with Gasteiger partial charge in [-0.3, -0.25) is 9.59 Å². The third kappa shape index (κ3) is 2.74. The summed E-state index contributed by atoms with van der Waals surface area (Å²) >= 11 is 0. The van der Waals surface area contributed by atoms with E-state index in [1.54, 1.807) is 0 Å². The molecule has 4 heteroatoms. The smallest absolute Gasteiger partial charge is 0.307 e. The van der Waals surface area contributed by atoms with Crippen molar-refractivity contribution >= 4 is 11.9 Å². The Morgan fingerprint density at radius 1 is 1.17 bits per heavy atom. The van der Waals surface area contributed by atoms with E-state index in [-0.39, 0.29) is 11.9 Å². The second-order valence-corrected chi connectivity index (χ2v) is 5.52. The lowest BCUT2D eigenvalue weighted by atomic mass is 9.82. The van der Waals surface area contributed by atoms with Gasteiger partial charge in [0.1, 0.15) is 0 Å². The first-order chi connectivity index (χ1) is 8.59. The lowest BCUT2D eigenvalue weighted by Crippen LogP contribution is -2.44. The molecule has 18 heavy (non-hydrogen) atoms. The van der Waals surface area contributed by atoms with Crippen molar-refractivity contribution in [1.29, 1.82) is 0 Å². The molecule has 0 spiro atoms. The average molecular weight is 251 g/mol. The minimum atomic E-state index is -0.862. The summed E-state index contributed by atoms with van der Waals surface area (Å²) in [5.41, 5.74) is 0. The summed E-state index contributed by atoms with van der Waals surface area (Å²) in [7, 11) is 0. The monoisotopic (exact) mass is 251 g/mol. The van der Waals surface area contributed by atoms with E-state index < -0.39 is 17.8 Å². The summed E-state index contributed by atoms with van der Waals surface area (Å²) in [5.74, 6) is -1.40. The predicted molar refractivity (Wildman–Crippen MR) is 67.9 cm³/mol. The molecule has 1 saturated carbocycles. The highest BCUT2D eigenvalue weighted by Crippen LogP contribution is 2.29. The van der Waals surface area contributed by atoms with Gasteiger partial charge in [-0.15, -0.1) is 0 Å². The van der Waals surface area contributed by atoms with Crippen molar-refractivity contribution in [3.63, 3.8) is 0 Å². The maximum absolute atomic E-state index is 12.2. The lowest BCUT2D eigenvalue weighted by molar-refractivity contribution is -0.147. The molecule has 4 nitrogen and oxygen atoms in total. The summed E-state index contributed by atoms with van der Waals surface area (Å²) in [6.07, 6.45) is 8.12. The van der Waals surface area contributed by atoms with E-state index in [4.69, 9.17) is 5.11 Å². The molecule has 2 N–H and O–H groups in total. The van der Waals surface area contributed by atoms with Gasteiger partial charge in [0.15, 0.2) is 0 Å². The van der Waals surface area contributed by atoms with Crippen molar-refractivity contribution in [2.45, 2.75) is 45.1 Å². The van der Waals surface area contributed by atoms with Crippen LogP contribution in [0.5, 0.6) is 0 Å². The minimum absolute atomic E-state index is 0.0782. The van der Waals surface area contributed by atoms with Crippen LogP contribution in [0.1, 0.15) is 39.0 Å². The number of carboxylic acid groups (broad SMARTS) is 1. The maximum atomic E-state index is 12.2. The van der Waals surface area contributed by atoms with Crippen LogP contribution in [0.2, 0.25) is 0 Å². The van der Waals surface area contributed by atoms with Crippen molar-refractivity contribution in [3.8, 4) is 0 Å². The first kappa shape index (κ1) is 13.1. The van der Waals surface area contributed by atoms with E-state index in [1.165, 1.54) is 0 Å². The molecule has 0 radical (unpaired) electrons. The highest BCUT2D eigenvalue weighted by molar-refractivity contribution is 5.85. The molecule has 2 aliphatic rings. The molecule has 0 aromatic carbocycles. The van der Waals surface area contributed by atoms with Crippen LogP contribution >= 0.6 is 0 Å². The number of aliphatic carboxylic acids is 1. The Morgan fingerprint density at radius 2 is 1.83 bits per heavy atom. The van der Waals surface area contributed by atoms with Crippen molar-refractivity contribution in [3.05, 3.63) is 12.2 Å². The number of carbonyl (C=O) groups is 2. The van der Waals surface area contributed by atoms with E-state index >= 15 is 0 Å². The molecule has 0 bridgehead atoms. The third-order valence-corrected chi connectivity index (χ3v) is 4.28. The molecule has 4 atom stereocenters. The summed E-state index contributed by atoms with van der Waals surface area (Å²) in [5, 5.41) is 12.2. The Hall–Kier alpha value is -1.32. The molecule has 1 amide bonds. The SMILES string of the molecule is CC1CCCC1NC(=O)C1CC=CCC1C(=O)O. The van der Waals surface area contributed by atoms with Gasteiger partial charge in [-0.05, 0) is 31.6 Å².